The maximum absolute atomic E-state index is 11.4. The molecule has 1 rings (SSSR count). The highest BCUT2D eigenvalue weighted by atomic mass is 16.5. The van der Waals surface area contributed by atoms with Crippen LogP contribution in [-0.2, 0) is 16.3 Å². The van der Waals surface area contributed by atoms with Gasteiger partial charge in [-0.05, 0) is 31.0 Å². The average molecular weight is 194 g/mol. The summed E-state index contributed by atoms with van der Waals surface area (Å²) in [6, 6.07) is 5.30. The highest BCUT2D eigenvalue weighted by Crippen LogP contribution is 2.23. The molecule has 77 valence electrons. The number of ether oxygens (including phenoxy) is 1. The van der Waals surface area contributed by atoms with Crippen molar-refractivity contribution in [2.75, 3.05) is 26.1 Å². The Kier molecular flexibility index (Phi) is 4.26. The number of nitrogens with one attached hydrogen (secondary N) is 1. The van der Waals surface area contributed by atoms with Crippen molar-refractivity contribution in [1.29, 1.82) is 0 Å². The van der Waals surface area contributed by atoms with Crippen molar-refractivity contribution in [2.24, 2.45) is 0 Å². The van der Waals surface area contributed by atoms with E-state index in [2.05, 4.69) is 5.32 Å². The molecular weight excluding hydrogens is 178 g/mol. The second kappa shape index (κ2) is 5.50. The molecule has 0 spiro atoms. The Morgan fingerprint density at radius 3 is 2.86 bits per heavy atom. The van der Waals surface area contributed by atoms with E-state index in [-0.39, 0.29) is 5.75 Å². The van der Waals surface area contributed by atoms with E-state index in [1.165, 1.54) is 0 Å². The van der Waals surface area contributed by atoms with Crippen LogP contribution in [-0.4, -0.2) is 20.8 Å². The highest BCUT2D eigenvalue weighted by molar-refractivity contribution is 5.50. The van der Waals surface area contributed by atoms with Crippen molar-refractivity contribution in [3.63, 3.8) is 0 Å². The minimum Gasteiger partial charge on any atom is -0.388 e. The van der Waals surface area contributed by atoms with Gasteiger partial charge in [0.05, 0.1) is 0 Å². The molecule has 0 atom stereocenters. The zero-order valence-corrected chi connectivity index (χ0v) is 8.67. The van der Waals surface area contributed by atoms with Crippen molar-refractivity contribution in [3.8, 4) is 5.75 Å². The molecule has 1 aromatic rings. The van der Waals surface area contributed by atoms with Crippen LogP contribution in [0.15, 0.2) is 18.2 Å². The van der Waals surface area contributed by atoms with Gasteiger partial charge in [-0.15, -0.1) is 0 Å². The zero-order valence-electron chi connectivity index (χ0n) is 8.67. The molecule has 3 heteroatoms. The van der Waals surface area contributed by atoms with Gasteiger partial charge < -0.3 is 10.1 Å². The molecule has 1 radical (unpaired) electrons. The van der Waals surface area contributed by atoms with Gasteiger partial charge in [0.15, 0.2) is 5.75 Å². The fraction of sp³-hybridized carbons (Fsp3) is 0.455. The molecular formula is C11H16NO2. The Bertz CT molecular complexity index is 287. The van der Waals surface area contributed by atoms with E-state index in [9.17, 15) is 5.11 Å². The molecule has 0 saturated carbocycles. The Labute approximate surface area is 84.7 Å². The number of anilines is 1. The summed E-state index contributed by atoms with van der Waals surface area (Å²) in [5.74, 6) is 0.111. The van der Waals surface area contributed by atoms with Gasteiger partial charge in [0.1, 0.15) is 0 Å². The normalized spacial score (nSPS) is 10.1. The lowest BCUT2D eigenvalue weighted by molar-refractivity contribution is 0.194. The highest BCUT2D eigenvalue weighted by Gasteiger charge is 2.03. The molecule has 0 aliphatic rings. The van der Waals surface area contributed by atoms with E-state index in [1.54, 1.807) is 19.2 Å². The molecule has 0 bridgehead atoms. The van der Waals surface area contributed by atoms with Crippen molar-refractivity contribution in [1.82, 2.24) is 0 Å². The van der Waals surface area contributed by atoms with Crippen LogP contribution in [0.3, 0.4) is 0 Å². The van der Waals surface area contributed by atoms with Crippen LogP contribution in [0.4, 0.5) is 5.69 Å². The minimum absolute atomic E-state index is 0.111. The van der Waals surface area contributed by atoms with Gasteiger partial charge >= 0.3 is 0 Å². The van der Waals surface area contributed by atoms with Gasteiger partial charge in [0.25, 0.3) is 0 Å². The molecule has 0 aromatic heterocycles. The summed E-state index contributed by atoms with van der Waals surface area (Å²) >= 11 is 0. The molecule has 0 unspecified atom stereocenters. The van der Waals surface area contributed by atoms with Crippen LogP contribution in [0.1, 0.15) is 12.0 Å². The Hall–Kier alpha value is -1.22. The van der Waals surface area contributed by atoms with Crippen LogP contribution < -0.4 is 5.32 Å². The van der Waals surface area contributed by atoms with E-state index < -0.39 is 0 Å². The summed E-state index contributed by atoms with van der Waals surface area (Å²) in [6.45, 7) is 0.698. The minimum atomic E-state index is 0.111. The predicted molar refractivity (Wildman–Crippen MR) is 56.3 cm³/mol. The second-order valence-electron chi connectivity index (χ2n) is 3.17. The van der Waals surface area contributed by atoms with Gasteiger partial charge in [0, 0.05) is 32.0 Å². The second-order valence-corrected chi connectivity index (χ2v) is 3.17. The van der Waals surface area contributed by atoms with Crippen LogP contribution in [0.25, 0.3) is 0 Å². The lowest BCUT2D eigenvalue weighted by atomic mass is 10.1. The summed E-state index contributed by atoms with van der Waals surface area (Å²) in [6.07, 6.45) is 1.67. The number of hydrogen-bond donors (Lipinski definition) is 1. The van der Waals surface area contributed by atoms with Gasteiger partial charge in [-0.3, -0.25) is 5.11 Å². The summed E-state index contributed by atoms with van der Waals surface area (Å²) in [4.78, 5) is 0. The van der Waals surface area contributed by atoms with Gasteiger partial charge in [-0.1, -0.05) is 0 Å². The standard InChI is InChI=1S/C11H16NO2/c1-12-10-5-6-11(13)9(8-10)4-3-7-14-2/h5-6,8,12H,3-4,7H2,1-2H3. The Balaban J connectivity index is 2.64. The quantitative estimate of drug-likeness (QED) is 0.731. The first-order valence-corrected chi connectivity index (χ1v) is 4.74. The van der Waals surface area contributed by atoms with Crippen molar-refractivity contribution >= 4 is 5.69 Å². The van der Waals surface area contributed by atoms with Crippen molar-refractivity contribution in [3.05, 3.63) is 23.8 Å². The summed E-state index contributed by atoms with van der Waals surface area (Å²) in [5.41, 5.74) is 1.84. The smallest absolute Gasteiger partial charge is 0.181 e. The van der Waals surface area contributed by atoms with Crippen LogP contribution in [0.2, 0.25) is 0 Å². The number of rotatable bonds is 5. The topological polar surface area (TPSA) is 41.2 Å². The van der Waals surface area contributed by atoms with E-state index in [0.717, 1.165) is 24.1 Å². The van der Waals surface area contributed by atoms with E-state index in [0.29, 0.717) is 6.61 Å². The lowest BCUT2D eigenvalue weighted by Crippen LogP contribution is -1.94. The van der Waals surface area contributed by atoms with Crippen LogP contribution >= 0.6 is 0 Å². The molecule has 1 N–H and O–H groups in total. The van der Waals surface area contributed by atoms with Crippen molar-refractivity contribution in [2.45, 2.75) is 12.8 Å². The first-order valence-electron chi connectivity index (χ1n) is 4.74. The number of methoxy groups -OCH3 is 1. The SMILES string of the molecule is CNc1ccc([O])c(CCCOC)c1. The van der Waals surface area contributed by atoms with E-state index >= 15 is 0 Å². The fourth-order valence-corrected chi connectivity index (χ4v) is 1.34. The maximum Gasteiger partial charge on any atom is 0.181 e. The largest absolute Gasteiger partial charge is 0.388 e. The predicted octanol–water partition coefficient (Wildman–Crippen LogP) is 2.45. The lowest BCUT2D eigenvalue weighted by Gasteiger charge is -2.05. The zero-order chi connectivity index (χ0) is 10.4. The third-order valence-corrected chi connectivity index (χ3v) is 2.14. The van der Waals surface area contributed by atoms with Gasteiger partial charge in [0.2, 0.25) is 0 Å². The molecule has 0 saturated heterocycles. The van der Waals surface area contributed by atoms with Crippen LogP contribution in [0.5, 0.6) is 5.75 Å². The molecule has 0 amide bonds. The molecule has 14 heavy (non-hydrogen) atoms. The first-order chi connectivity index (χ1) is 6.77. The van der Waals surface area contributed by atoms with Gasteiger partial charge in [-0.2, -0.15) is 0 Å². The molecule has 0 aliphatic carbocycles. The van der Waals surface area contributed by atoms with E-state index in [1.807, 2.05) is 13.1 Å². The van der Waals surface area contributed by atoms with Crippen molar-refractivity contribution < 1.29 is 9.84 Å². The van der Waals surface area contributed by atoms with Gasteiger partial charge in [-0.25, -0.2) is 0 Å². The van der Waals surface area contributed by atoms with Crippen LogP contribution in [0, 0.1) is 0 Å². The third-order valence-electron chi connectivity index (χ3n) is 2.14. The molecule has 3 nitrogen and oxygen atoms in total. The first kappa shape index (κ1) is 10.9. The number of benzene rings is 1. The Morgan fingerprint density at radius 2 is 2.21 bits per heavy atom. The molecule has 0 fully saturated rings. The summed E-state index contributed by atoms with van der Waals surface area (Å²) in [5, 5.41) is 14.4. The maximum atomic E-state index is 11.4. The Morgan fingerprint density at radius 1 is 1.43 bits per heavy atom. The molecule has 1 aromatic carbocycles. The summed E-state index contributed by atoms with van der Waals surface area (Å²) in [7, 11) is 3.51. The third kappa shape index (κ3) is 2.92. The monoisotopic (exact) mass is 194 g/mol. The average Bonchev–Trinajstić information content (AvgIpc) is 2.21. The number of aryl methyl sites for hydroxylation is 1. The van der Waals surface area contributed by atoms with E-state index in [4.69, 9.17) is 4.74 Å². The summed E-state index contributed by atoms with van der Waals surface area (Å²) < 4.78 is 4.94. The number of hydrogen-bond acceptors (Lipinski definition) is 2. The fourth-order valence-electron chi connectivity index (χ4n) is 1.34. The molecule has 0 heterocycles. The molecule has 0 aliphatic heterocycles.